The van der Waals surface area contributed by atoms with Crippen molar-refractivity contribution in [3.05, 3.63) is 64.8 Å². The fraction of sp³-hybridized carbons (Fsp3) is 0.360. The summed E-state index contributed by atoms with van der Waals surface area (Å²) in [6, 6.07) is 13.4. The van der Waals surface area contributed by atoms with Crippen molar-refractivity contribution >= 4 is 36.7 Å². The molecule has 0 atom stereocenters. The van der Waals surface area contributed by atoms with Crippen molar-refractivity contribution < 1.29 is 21.6 Å². The monoisotopic (exact) mass is 513 g/mol. The fourth-order valence-electron chi connectivity index (χ4n) is 4.73. The number of nitriles is 1. The van der Waals surface area contributed by atoms with Gasteiger partial charge < -0.3 is 0 Å². The van der Waals surface area contributed by atoms with Gasteiger partial charge in [-0.1, -0.05) is 17.7 Å². The van der Waals surface area contributed by atoms with Gasteiger partial charge in [-0.15, -0.1) is 0 Å². The molecule has 0 amide bonds. The molecule has 0 unspecified atom stereocenters. The molecule has 1 aromatic heterocycles. The summed E-state index contributed by atoms with van der Waals surface area (Å²) in [7, 11) is -7.38. The standard InChI is InChI=1S/C25H27N3O5S2/c1-17-4-6-21(7-5-17)35(32,33)28-23-16-22(19-9-12-27(13-10-19)34(3,30)31)18(2)14-20(23)15-24(28)25(29)8-11-26/h4-7,14-16,19H,8-10,12-13H2,1-3H3. The molecule has 0 spiro atoms. The third kappa shape index (κ3) is 4.76. The van der Waals surface area contributed by atoms with E-state index in [-0.39, 0.29) is 16.5 Å². The van der Waals surface area contributed by atoms with E-state index < -0.39 is 32.3 Å². The highest BCUT2D eigenvalue weighted by molar-refractivity contribution is 7.90. The van der Waals surface area contributed by atoms with Gasteiger partial charge in [-0.05, 0) is 74.1 Å². The molecule has 0 aliphatic carbocycles. The van der Waals surface area contributed by atoms with Gasteiger partial charge in [-0.25, -0.2) is 25.1 Å². The first-order chi connectivity index (χ1) is 16.4. The molecular weight excluding hydrogens is 486 g/mol. The summed E-state index contributed by atoms with van der Waals surface area (Å²) in [5, 5.41) is 9.67. The Kier molecular flexibility index (Phi) is 6.62. The molecule has 1 fully saturated rings. The number of carbonyl (C=O) groups excluding carboxylic acids is 1. The van der Waals surface area contributed by atoms with Crippen molar-refractivity contribution in [3.8, 4) is 6.07 Å². The third-order valence-corrected chi connectivity index (χ3v) is 9.64. The van der Waals surface area contributed by atoms with Gasteiger partial charge in [0, 0.05) is 18.5 Å². The molecule has 1 saturated heterocycles. The lowest BCUT2D eigenvalue weighted by Crippen LogP contribution is -2.37. The van der Waals surface area contributed by atoms with Crippen LogP contribution in [0.3, 0.4) is 0 Å². The zero-order chi connectivity index (χ0) is 25.5. The number of carbonyl (C=O) groups is 1. The van der Waals surface area contributed by atoms with Gasteiger partial charge in [-0.3, -0.25) is 4.79 Å². The first-order valence-corrected chi connectivity index (χ1v) is 14.6. The highest BCUT2D eigenvalue weighted by Gasteiger charge is 2.30. The van der Waals surface area contributed by atoms with Gasteiger partial charge in [0.2, 0.25) is 10.0 Å². The molecule has 1 aliphatic rings. The van der Waals surface area contributed by atoms with Crippen molar-refractivity contribution in [1.82, 2.24) is 8.28 Å². The predicted octanol–water partition coefficient (Wildman–Crippen LogP) is 3.73. The Morgan fingerprint density at radius 3 is 2.23 bits per heavy atom. The fourth-order valence-corrected chi connectivity index (χ4v) is 7.13. The largest absolute Gasteiger partial charge is 0.291 e. The van der Waals surface area contributed by atoms with Crippen molar-refractivity contribution in [3.63, 3.8) is 0 Å². The molecule has 2 aromatic carbocycles. The van der Waals surface area contributed by atoms with E-state index in [9.17, 15) is 21.6 Å². The summed E-state index contributed by atoms with van der Waals surface area (Å²) in [5.74, 6) is -0.513. The molecule has 0 bridgehead atoms. The van der Waals surface area contributed by atoms with Crippen LogP contribution in [0.1, 0.15) is 52.4 Å². The normalized spacial score (nSPS) is 15.8. The zero-order valence-corrected chi connectivity index (χ0v) is 21.5. The molecule has 0 saturated carbocycles. The SMILES string of the molecule is Cc1ccc(S(=O)(=O)n2c(C(=O)CC#N)cc3cc(C)c(C4CCN(S(C)(=O)=O)CC4)cc32)cc1. The maximum absolute atomic E-state index is 13.7. The molecule has 8 nitrogen and oxygen atoms in total. The molecule has 4 rings (SSSR count). The van der Waals surface area contributed by atoms with E-state index in [4.69, 9.17) is 5.26 Å². The molecule has 2 heterocycles. The number of fused-ring (bicyclic) bond motifs is 1. The highest BCUT2D eigenvalue weighted by Crippen LogP contribution is 2.36. The average Bonchev–Trinajstić information content (AvgIpc) is 3.17. The van der Waals surface area contributed by atoms with Crippen molar-refractivity contribution in [2.24, 2.45) is 0 Å². The number of piperidine rings is 1. The number of hydrogen-bond donors (Lipinski definition) is 0. The number of aromatic nitrogens is 1. The zero-order valence-electron chi connectivity index (χ0n) is 19.9. The van der Waals surface area contributed by atoms with Gasteiger partial charge in [0.05, 0.1) is 22.7 Å². The van der Waals surface area contributed by atoms with Gasteiger partial charge in [0.25, 0.3) is 10.0 Å². The summed E-state index contributed by atoms with van der Waals surface area (Å²) in [6.45, 7) is 4.58. The number of sulfonamides is 1. The molecule has 3 aromatic rings. The smallest absolute Gasteiger partial charge is 0.268 e. The molecular formula is C25H27N3O5S2. The Labute approximate surface area is 205 Å². The summed E-state index contributed by atoms with van der Waals surface area (Å²) >= 11 is 0. The van der Waals surface area contributed by atoms with E-state index in [2.05, 4.69) is 0 Å². The van der Waals surface area contributed by atoms with E-state index in [1.807, 2.05) is 26.0 Å². The van der Waals surface area contributed by atoms with Crippen LogP contribution >= 0.6 is 0 Å². The summed E-state index contributed by atoms with van der Waals surface area (Å²) in [4.78, 5) is 12.8. The van der Waals surface area contributed by atoms with Crippen LogP contribution in [0.25, 0.3) is 10.9 Å². The number of nitrogens with zero attached hydrogens (tertiary/aromatic N) is 3. The van der Waals surface area contributed by atoms with Gasteiger partial charge in [0.15, 0.2) is 5.78 Å². The topological polar surface area (TPSA) is 117 Å². The minimum Gasteiger partial charge on any atom is -0.291 e. The van der Waals surface area contributed by atoms with E-state index in [0.717, 1.165) is 20.7 Å². The second-order valence-electron chi connectivity index (χ2n) is 9.07. The quantitative estimate of drug-likeness (QED) is 0.464. The highest BCUT2D eigenvalue weighted by atomic mass is 32.2. The molecule has 0 radical (unpaired) electrons. The van der Waals surface area contributed by atoms with Gasteiger partial charge >= 0.3 is 0 Å². The Morgan fingerprint density at radius 2 is 1.66 bits per heavy atom. The minimum absolute atomic E-state index is 0.0504. The van der Waals surface area contributed by atoms with Crippen molar-refractivity contribution in [2.45, 2.75) is 43.9 Å². The number of rotatable bonds is 6. The molecule has 10 heteroatoms. The Morgan fingerprint density at radius 1 is 1.03 bits per heavy atom. The number of hydrogen-bond acceptors (Lipinski definition) is 6. The Hall–Kier alpha value is -3.00. The number of ketones is 1. The maximum Gasteiger partial charge on any atom is 0.268 e. The first kappa shape index (κ1) is 25.1. The van der Waals surface area contributed by atoms with Crippen LogP contribution in [0.4, 0.5) is 0 Å². The molecule has 1 aliphatic heterocycles. The third-order valence-electron chi connectivity index (χ3n) is 6.59. The van der Waals surface area contributed by atoms with Crippen LogP contribution in [-0.4, -0.2) is 50.2 Å². The second-order valence-corrected chi connectivity index (χ2v) is 12.8. The molecule has 184 valence electrons. The summed E-state index contributed by atoms with van der Waals surface area (Å²) < 4.78 is 53.8. The predicted molar refractivity (Wildman–Crippen MR) is 133 cm³/mol. The van der Waals surface area contributed by atoms with Crippen LogP contribution in [0, 0.1) is 25.2 Å². The Balaban J connectivity index is 1.87. The van der Waals surface area contributed by atoms with Crippen LogP contribution in [-0.2, 0) is 20.0 Å². The summed E-state index contributed by atoms with van der Waals surface area (Å²) in [6.07, 6.45) is 2.00. The van der Waals surface area contributed by atoms with E-state index >= 15 is 0 Å². The van der Waals surface area contributed by atoms with Crippen molar-refractivity contribution in [1.29, 1.82) is 5.26 Å². The minimum atomic E-state index is -4.12. The second kappa shape index (κ2) is 9.22. The molecule has 35 heavy (non-hydrogen) atoms. The van der Waals surface area contributed by atoms with E-state index in [1.54, 1.807) is 18.2 Å². The van der Waals surface area contributed by atoms with Crippen LogP contribution in [0.15, 0.2) is 47.4 Å². The number of Topliss-reactive ketones (excluding diaryl/α,β-unsaturated/α-hetero) is 1. The first-order valence-electron chi connectivity index (χ1n) is 11.3. The number of aryl methyl sites for hydroxylation is 2. The van der Waals surface area contributed by atoms with Crippen LogP contribution in [0.5, 0.6) is 0 Å². The van der Waals surface area contributed by atoms with Gasteiger partial charge in [0.1, 0.15) is 12.1 Å². The maximum atomic E-state index is 13.7. The lowest BCUT2D eigenvalue weighted by atomic mass is 9.87. The Bertz CT molecular complexity index is 1560. The van der Waals surface area contributed by atoms with E-state index in [0.29, 0.717) is 36.8 Å². The van der Waals surface area contributed by atoms with Crippen molar-refractivity contribution in [2.75, 3.05) is 19.3 Å². The summed E-state index contributed by atoms with van der Waals surface area (Å²) in [5.41, 5.74) is 3.10. The van der Waals surface area contributed by atoms with E-state index in [1.165, 1.54) is 28.8 Å². The lowest BCUT2D eigenvalue weighted by Gasteiger charge is -2.31. The van der Waals surface area contributed by atoms with Crippen LogP contribution < -0.4 is 0 Å². The average molecular weight is 514 g/mol. The van der Waals surface area contributed by atoms with Crippen LogP contribution in [0.2, 0.25) is 0 Å². The number of benzene rings is 2. The molecule has 0 N–H and O–H groups in total. The lowest BCUT2D eigenvalue weighted by molar-refractivity contribution is 0.0992. The van der Waals surface area contributed by atoms with Gasteiger partial charge in [-0.2, -0.15) is 5.26 Å².